The van der Waals surface area contributed by atoms with Crippen LogP contribution in [0.1, 0.15) is 36.2 Å². The van der Waals surface area contributed by atoms with Crippen LogP contribution in [0, 0.1) is 11.2 Å². The van der Waals surface area contributed by atoms with E-state index in [-0.39, 0.29) is 30.4 Å². The molecule has 0 spiro atoms. The van der Waals surface area contributed by atoms with Gasteiger partial charge in [-0.1, -0.05) is 13.8 Å². The third-order valence-electron chi connectivity index (χ3n) is 4.12. The highest BCUT2D eigenvalue weighted by atomic mass is 35.5. The van der Waals surface area contributed by atoms with Crippen LogP contribution in [0.3, 0.4) is 0 Å². The number of alkyl halides is 3. The number of hydrogen-bond donors (Lipinski definition) is 1. The molecule has 0 bridgehead atoms. The first-order valence-electron chi connectivity index (χ1n) is 6.94. The maximum absolute atomic E-state index is 13.8. The number of carbonyl (C=O) groups is 1. The lowest BCUT2D eigenvalue weighted by Gasteiger charge is -2.42. The van der Waals surface area contributed by atoms with Gasteiger partial charge in [-0.25, -0.2) is 4.39 Å². The van der Waals surface area contributed by atoms with E-state index >= 15 is 0 Å². The molecular formula is C15H19ClF4N2O. The van der Waals surface area contributed by atoms with E-state index in [1.807, 2.05) is 13.8 Å². The SMILES string of the molecule is CC1(C)CN(C(=O)c2cc(C(F)(F)F)ccc2F)CCC1N.Cl. The number of likely N-dealkylation sites (tertiary alicyclic amines) is 1. The molecule has 1 amide bonds. The lowest BCUT2D eigenvalue weighted by Crippen LogP contribution is -2.54. The van der Waals surface area contributed by atoms with Gasteiger partial charge in [-0.15, -0.1) is 12.4 Å². The van der Waals surface area contributed by atoms with Crippen LogP contribution in [0.15, 0.2) is 18.2 Å². The van der Waals surface area contributed by atoms with Crippen LogP contribution in [0.5, 0.6) is 0 Å². The summed E-state index contributed by atoms with van der Waals surface area (Å²) in [5.74, 6) is -1.69. The van der Waals surface area contributed by atoms with Gasteiger partial charge in [0.1, 0.15) is 5.82 Å². The van der Waals surface area contributed by atoms with Gasteiger partial charge >= 0.3 is 6.18 Å². The molecule has 1 fully saturated rings. The van der Waals surface area contributed by atoms with E-state index in [0.29, 0.717) is 31.2 Å². The van der Waals surface area contributed by atoms with Crippen molar-refractivity contribution >= 4 is 18.3 Å². The van der Waals surface area contributed by atoms with Gasteiger partial charge in [0.25, 0.3) is 5.91 Å². The summed E-state index contributed by atoms with van der Waals surface area (Å²) >= 11 is 0. The predicted molar refractivity (Wildman–Crippen MR) is 80.9 cm³/mol. The Morgan fingerprint density at radius 2 is 1.96 bits per heavy atom. The summed E-state index contributed by atoms with van der Waals surface area (Å²) in [6.45, 7) is 4.33. The molecule has 1 aromatic rings. The van der Waals surface area contributed by atoms with Crippen molar-refractivity contribution in [3.8, 4) is 0 Å². The second kappa shape index (κ2) is 6.65. The number of benzene rings is 1. The number of nitrogens with two attached hydrogens (primary N) is 1. The Bertz CT molecular complexity index is 589. The smallest absolute Gasteiger partial charge is 0.338 e. The quantitative estimate of drug-likeness (QED) is 0.785. The molecule has 1 atom stereocenters. The minimum absolute atomic E-state index is 0. The molecule has 1 aliphatic heterocycles. The van der Waals surface area contributed by atoms with E-state index in [2.05, 4.69) is 0 Å². The second-order valence-corrected chi connectivity index (χ2v) is 6.30. The third-order valence-corrected chi connectivity index (χ3v) is 4.12. The molecule has 23 heavy (non-hydrogen) atoms. The lowest BCUT2D eigenvalue weighted by atomic mass is 9.79. The van der Waals surface area contributed by atoms with Gasteiger partial charge in [-0.05, 0) is 30.0 Å². The van der Waals surface area contributed by atoms with Crippen molar-refractivity contribution in [1.29, 1.82) is 0 Å². The van der Waals surface area contributed by atoms with Gasteiger partial charge < -0.3 is 10.6 Å². The molecule has 3 nitrogen and oxygen atoms in total. The van der Waals surface area contributed by atoms with E-state index in [1.54, 1.807) is 0 Å². The summed E-state index contributed by atoms with van der Waals surface area (Å²) in [6, 6.07) is 1.76. The van der Waals surface area contributed by atoms with Crippen molar-refractivity contribution in [3.05, 3.63) is 35.1 Å². The summed E-state index contributed by atoms with van der Waals surface area (Å²) in [5.41, 5.74) is 4.00. The van der Waals surface area contributed by atoms with Crippen LogP contribution in [0.25, 0.3) is 0 Å². The maximum Gasteiger partial charge on any atom is 0.416 e. The van der Waals surface area contributed by atoms with Crippen LogP contribution in [-0.2, 0) is 6.18 Å². The zero-order chi connectivity index (χ0) is 16.7. The fourth-order valence-electron chi connectivity index (χ4n) is 2.58. The van der Waals surface area contributed by atoms with Crippen LogP contribution in [-0.4, -0.2) is 29.9 Å². The van der Waals surface area contributed by atoms with Crippen molar-refractivity contribution in [2.75, 3.05) is 13.1 Å². The summed E-state index contributed by atoms with van der Waals surface area (Å²) in [4.78, 5) is 13.7. The molecule has 2 N–H and O–H groups in total. The Balaban J connectivity index is 0.00000264. The van der Waals surface area contributed by atoms with E-state index < -0.39 is 29.0 Å². The van der Waals surface area contributed by atoms with Gasteiger partial charge in [0.05, 0.1) is 11.1 Å². The molecule has 1 aliphatic rings. The number of rotatable bonds is 1. The van der Waals surface area contributed by atoms with Crippen molar-refractivity contribution in [2.24, 2.45) is 11.1 Å². The van der Waals surface area contributed by atoms with Crippen molar-refractivity contribution < 1.29 is 22.4 Å². The molecule has 1 unspecified atom stereocenters. The van der Waals surface area contributed by atoms with E-state index in [0.717, 1.165) is 0 Å². The fourth-order valence-corrected chi connectivity index (χ4v) is 2.58. The van der Waals surface area contributed by atoms with Crippen LogP contribution < -0.4 is 5.73 Å². The molecule has 8 heteroatoms. The molecule has 1 heterocycles. The number of carbonyl (C=O) groups excluding carboxylic acids is 1. The number of piperidine rings is 1. The highest BCUT2D eigenvalue weighted by Crippen LogP contribution is 2.32. The number of hydrogen-bond acceptors (Lipinski definition) is 2. The van der Waals surface area contributed by atoms with E-state index in [4.69, 9.17) is 5.73 Å². The highest BCUT2D eigenvalue weighted by molar-refractivity contribution is 5.94. The van der Waals surface area contributed by atoms with Crippen LogP contribution in [0.2, 0.25) is 0 Å². The molecule has 1 aromatic carbocycles. The summed E-state index contributed by atoms with van der Waals surface area (Å²) < 4.78 is 51.9. The summed E-state index contributed by atoms with van der Waals surface area (Å²) in [7, 11) is 0. The zero-order valence-electron chi connectivity index (χ0n) is 12.8. The molecular weight excluding hydrogens is 336 g/mol. The fraction of sp³-hybridized carbons (Fsp3) is 0.533. The summed E-state index contributed by atoms with van der Waals surface area (Å²) in [5, 5.41) is 0. The standard InChI is InChI=1S/C15H18F4N2O.ClH/c1-14(2)8-21(6-5-12(14)20)13(22)10-7-9(15(17,18)19)3-4-11(10)16;/h3-4,7,12H,5-6,8,20H2,1-2H3;1H. The first-order chi connectivity index (χ1) is 10.0. The van der Waals surface area contributed by atoms with Gasteiger partial charge in [-0.2, -0.15) is 13.2 Å². The maximum atomic E-state index is 13.8. The van der Waals surface area contributed by atoms with Gasteiger partial charge in [0.15, 0.2) is 0 Å². The zero-order valence-corrected chi connectivity index (χ0v) is 13.6. The first-order valence-corrected chi connectivity index (χ1v) is 6.94. The molecule has 1 saturated heterocycles. The minimum Gasteiger partial charge on any atom is -0.338 e. The topological polar surface area (TPSA) is 46.3 Å². The average Bonchev–Trinajstić information content (AvgIpc) is 2.40. The molecule has 0 radical (unpaired) electrons. The normalized spacial score (nSPS) is 20.8. The molecule has 0 aromatic heterocycles. The van der Waals surface area contributed by atoms with Crippen molar-refractivity contribution in [3.63, 3.8) is 0 Å². The number of halogens is 5. The van der Waals surface area contributed by atoms with Crippen molar-refractivity contribution in [1.82, 2.24) is 4.90 Å². The van der Waals surface area contributed by atoms with Gasteiger partial charge in [-0.3, -0.25) is 4.79 Å². The monoisotopic (exact) mass is 354 g/mol. The van der Waals surface area contributed by atoms with Gasteiger partial charge in [0, 0.05) is 19.1 Å². The second-order valence-electron chi connectivity index (χ2n) is 6.30. The lowest BCUT2D eigenvalue weighted by molar-refractivity contribution is -0.137. The first kappa shape index (κ1) is 19.7. The number of amides is 1. The molecule has 0 aliphatic carbocycles. The highest BCUT2D eigenvalue weighted by Gasteiger charge is 2.37. The Kier molecular flexibility index (Phi) is 5.70. The van der Waals surface area contributed by atoms with Crippen LogP contribution >= 0.6 is 12.4 Å². The Morgan fingerprint density at radius 1 is 1.35 bits per heavy atom. The van der Waals surface area contributed by atoms with Gasteiger partial charge in [0.2, 0.25) is 0 Å². The summed E-state index contributed by atoms with van der Waals surface area (Å²) in [6.07, 6.45) is -4.09. The third kappa shape index (κ3) is 4.14. The van der Waals surface area contributed by atoms with E-state index in [9.17, 15) is 22.4 Å². The molecule has 2 rings (SSSR count). The minimum atomic E-state index is -4.62. The Hall–Kier alpha value is -1.34. The van der Waals surface area contributed by atoms with Crippen LogP contribution in [0.4, 0.5) is 17.6 Å². The largest absolute Gasteiger partial charge is 0.416 e. The Labute approximate surface area is 138 Å². The number of nitrogens with zero attached hydrogens (tertiary/aromatic N) is 1. The Morgan fingerprint density at radius 3 is 2.48 bits per heavy atom. The van der Waals surface area contributed by atoms with E-state index in [1.165, 1.54) is 4.90 Å². The molecule has 130 valence electrons. The average molecular weight is 355 g/mol. The molecule has 0 saturated carbocycles. The predicted octanol–water partition coefficient (Wildman–Crippen LogP) is 3.47. The van der Waals surface area contributed by atoms with Crippen molar-refractivity contribution in [2.45, 2.75) is 32.5 Å².